The zero-order chi connectivity index (χ0) is 17.1. The van der Waals surface area contributed by atoms with Crippen molar-refractivity contribution in [2.45, 2.75) is 0 Å². The minimum absolute atomic E-state index is 0.139. The molecule has 1 aromatic heterocycles. The molecule has 2 aromatic carbocycles. The first-order valence-corrected chi connectivity index (χ1v) is 8.64. The van der Waals surface area contributed by atoms with E-state index >= 15 is 0 Å². The minimum atomic E-state index is -0.139. The largest absolute Gasteiger partial charge is 0.492 e. The van der Waals surface area contributed by atoms with Gasteiger partial charge in [-0.2, -0.15) is 0 Å². The minimum Gasteiger partial charge on any atom is -0.492 e. The molecule has 0 spiro atoms. The zero-order valence-corrected chi connectivity index (χ0v) is 15.4. The van der Waals surface area contributed by atoms with Crippen LogP contribution in [0.1, 0.15) is 10.5 Å². The van der Waals surface area contributed by atoms with Crippen molar-refractivity contribution in [1.29, 1.82) is 0 Å². The van der Waals surface area contributed by atoms with Crippen LogP contribution in [-0.4, -0.2) is 23.6 Å². The predicted octanol–water partition coefficient (Wildman–Crippen LogP) is 4.40. The van der Waals surface area contributed by atoms with Crippen LogP contribution >= 0.6 is 27.5 Å². The molecule has 0 saturated carbocycles. The van der Waals surface area contributed by atoms with E-state index in [0.29, 0.717) is 23.9 Å². The molecule has 1 N–H and O–H groups in total. The van der Waals surface area contributed by atoms with Crippen molar-refractivity contribution in [1.82, 2.24) is 9.88 Å². The lowest BCUT2D eigenvalue weighted by molar-refractivity contribution is 0.0938. The number of amides is 1. The van der Waals surface area contributed by atoms with Crippen molar-refractivity contribution in [3.63, 3.8) is 0 Å². The second-order valence-corrected chi connectivity index (χ2v) is 6.53. The lowest BCUT2D eigenvalue weighted by atomic mass is 10.2. The van der Waals surface area contributed by atoms with Gasteiger partial charge in [0, 0.05) is 23.0 Å². The van der Waals surface area contributed by atoms with Crippen LogP contribution in [0.3, 0.4) is 0 Å². The summed E-state index contributed by atoms with van der Waals surface area (Å²) in [5, 5.41) is 4.56. The summed E-state index contributed by atoms with van der Waals surface area (Å²) < 4.78 is 8.26. The first-order chi connectivity index (χ1) is 11.6. The summed E-state index contributed by atoms with van der Waals surface area (Å²) in [5.74, 6) is 0.583. The first kappa shape index (κ1) is 16.9. The Balaban J connectivity index is 1.62. The molecule has 3 rings (SSSR count). The van der Waals surface area contributed by atoms with Crippen LogP contribution in [0, 0.1) is 0 Å². The maximum Gasteiger partial charge on any atom is 0.269 e. The van der Waals surface area contributed by atoms with Gasteiger partial charge >= 0.3 is 0 Å². The number of carbonyl (C=O) groups excluding carboxylic acids is 1. The van der Waals surface area contributed by atoms with Crippen LogP contribution in [0.4, 0.5) is 0 Å². The summed E-state index contributed by atoms with van der Waals surface area (Å²) in [4.78, 5) is 12.5. The molecule has 0 aliphatic carbocycles. The molecule has 24 heavy (non-hydrogen) atoms. The van der Waals surface area contributed by atoms with E-state index in [-0.39, 0.29) is 5.91 Å². The summed E-state index contributed by atoms with van der Waals surface area (Å²) in [6.07, 6.45) is 0. The van der Waals surface area contributed by atoms with Crippen LogP contribution in [-0.2, 0) is 7.05 Å². The van der Waals surface area contributed by atoms with E-state index < -0.39 is 0 Å². The monoisotopic (exact) mass is 406 g/mol. The smallest absolute Gasteiger partial charge is 0.269 e. The topological polar surface area (TPSA) is 43.3 Å². The average Bonchev–Trinajstić information content (AvgIpc) is 2.85. The number of hydrogen-bond donors (Lipinski definition) is 1. The quantitative estimate of drug-likeness (QED) is 0.637. The van der Waals surface area contributed by atoms with Crippen LogP contribution < -0.4 is 10.1 Å². The molecular formula is C18H16BrClN2O2. The lowest BCUT2D eigenvalue weighted by Gasteiger charge is -2.09. The van der Waals surface area contributed by atoms with Crippen LogP contribution in [0.5, 0.6) is 5.75 Å². The molecule has 4 nitrogen and oxygen atoms in total. The number of halogens is 2. The fraction of sp³-hybridized carbons (Fsp3) is 0.167. The number of nitrogens with one attached hydrogen (secondary N) is 1. The number of nitrogens with zero attached hydrogens (tertiary/aromatic N) is 1. The standard InChI is InChI=1S/C18H16BrClN2O2/c1-22-15-5-3-2-4-14(15)16(19)17(22)18(23)21-10-11-24-13-8-6-12(20)7-9-13/h2-9H,10-11H2,1H3,(H,21,23). The fourth-order valence-electron chi connectivity index (χ4n) is 2.55. The fourth-order valence-corrected chi connectivity index (χ4v) is 3.45. The molecule has 6 heteroatoms. The maximum absolute atomic E-state index is 12.5. The van der Waals surface area contributed by atoms with E-state index in [1.807, 2.05) is 35.9 Å². The van der Waals surface area contributed by atoms with Gasteiger partial charge in [-0.15, -0.1) is 0 Å². The predicted molar refractivity (Wildman–Crippen MR) is 99.9 cm³/mol. The molecule has 0 unspecified atom stereocenters. The molecule has 1 amide bonds. The second kappa shape index (κ2) is 7.28. The van der Waals surface area contributed by atoms with Crippen molar-refractivity contribution >= 4 is 44.3 Å². The Hall–Kier alpha value is -1.98. The van der Waals surface area contributed by atoms with Crippen molar-refractivity contribution < 1.29 is 9.53 Å². The third-order valence-electron chi connectivity index (χ3n) is 3.73. The summed E-state index contributed by atoms with van der Waals surface area (Å²) >= 11 is 9.36. The van der Waals surface area contributed by atoms with Gasteiger partial charge in [0.2, 0.25) is 0 Å². The SMILES string of the molecule is Cn1c(C(=O)NCCOc2ccc(Cl)cc2)c(Br)c2ccccc21. The molecule has 0 aliphatic rings. The summed E-state index contributed by atoms with van der Waals surface area (Å²) in [6, 6.07) is 15.0. The highest BCUT2D eigenvalue weighted by atomic mass is 79.9. The van der Waals surface area contributed by atoms with E-state index in [1.165, 1.54) is 0 Å². The molecule has 124 valence electrons. The molecule has 0 saturated heterocycles. The van der Waals surface area contributed by atoms with Crippen molar-refractivity contribution in [3.8, 4) is 5.75 Å². The molecule has 0 atom stereocenters. The molecule has 0 fully saturated rings. The lowest BCUT2D eigenvalue weighted by Crippen LogP contribution is -2.29. The van der Waals surface area contributed by atoms with Crippen molar-refractivity contribution in [2.24, 2.45) is 7.05 Å². The van der Waals surface area contributed by atoms with E-state index in [2.05, 4.69) is 21.2 Å². The number of hydrogen-bond acceptors (Lipinski definition) is 2. The molecule has 0 radical (unpaired) electrons. The third-order valence-corrected chi connectivity index (χ3v) is 4.78. The van der Waals surface area contributed by atoms with Gasteiger partial charge in [0.15, 0.2) is 0 Å². The van der Waals surface area contributed by atoms with E-state index in [0.717, 1.165) is 21.1 Å². The second-order valence-electron chi connectivity index (χ2n) is 5.30. The van der Waals surface area contributed by atoms with E-state index in [9.17, 15) is 4.79 Å². The Morgan fingerprint density at radius 3 is 2.62 bits per heavy atom. The number of rotatable bonds is 5. The van der Waals surface area contributed by atoms with Gasteiger partial charge in [0.1, 0.15) is 18.1 Å². The number of para-hydroxylation sites is 1. The molecule has 3 aromatic rings. The number of fused-ring (bicyclic) bond motifs is 1. The highest BCUT2D eigenvalue weighted by Crippen LogP contribution is 2.30. The summed E-state index contributed by atoms with van der Waals surface area (Å²) in [7, 11) is 1.88. The third kappa shape index (κ3) is 3.42. The zero-order valence-electron chi connectivity index (χ0n) is 13.1. The Morgan fingerprint density at radius 2 is 1.92 bits per heavy atom. The molecule has 0 aliphatic heterocycles. The number of benzene rings is 2. The van der Waals surface area contributed by atoms with Gasteiger partial charge in [-0.1, -0.05) is 29.8 Å². The summed E-state index contributed by atoms with van der Waals surface area (Å²) in [6.45, 7) is 0.796. The van der Waals surface area contributed by atoms with Gasteiger partial charge in [-0.05, 0) is 46.3 Å². The van der Waals surface area contributed by atoms with Crippen LogP contribution in [0.25, 0.3) is 10.9 Å². The van der Waals surface area contributed by atoms with Gasteiger partial charge in [0.25, 0.3) is 5.91 Å². The Bertz CT molecular complexity index is 836. The van der Waals surface area contributed by atoms with Gasteiger partial charge in [0.05, 0.1) is 11.0 Å². The Kier molecular flexibility index (Phi) is 5.11. The maximum atomic E-state index is 12.5. The molecule has 0 bridgehead atoms. The highest BCUT2D eigenvalue weighted by molar-refractivity contribution is 9.10. The molecular weight excluding hydrogens is 392 g/mol. The summed E-state index contributed by atoms with van der Waals surface area (Å²) in [5.41, 5.74) is 1.61. The van der Waals surface area contributed by atoms with Crippen LogP contribution in [0.2, 0.25) is 5.02 Å². The first-order valence-electron chi connectivity index (χ1n) is 7.47. The van der Waals surface area contributed by atoms with Crippen molar-refractivity contribution in [2.75, 3.05) is 13.2 Å². The van der Waals surface area contributed by atoms with E-state index in [4.69, 9.17) is 16.3 Å². The van der Waals surface area contributed by atoms with Crippen molar-refractivity contribution in [3.05, 3.63) is 63.7 Å². The number of ether oxygens (including phenoxy) is 1. The number of aromatic nitrogens is 1. The normalized spacial score (nSPS) is 10.8. The Morgan fingerprint density at radius 1 is 1.21 bits per heavy atom. The van der Waals surface area contributed by atoms with Gasteiger partial charge in [-0.3, -0.25) is 4.79 Å². The molecule has 1 heterocycles. The van der Waals surface area contributed by atoms with Gasteiger partial charge < -0.3 is 14.6 Å². The Labute approximate surface area is 153 Å². The highest BCUT2D eigenvalue weighted by Gasteiger charge is 2.18. The van der Waals surface area contributed by atoms with Gasteiger partial charge in [-0.25, -0.2) is 0 Å². The van der Waals surface area contributed by atoms with E-state index in [1.54, 1.807) is 24.3 Å². The average molecular weight is 408 g/mol. The number of carbonyl (C=O) groups is 1. The van der Waals surface area contributed by atoms with Crippen LogP contribution in [0.15, 0.2) is 53.0 Å². The number of aryl methyl sites for hydroxylation is 1.